The van der Waals surface area contributed by atoms with E-state index < -0.39 is 0 Å². The van der Waals surface area contributed by atoms with E-state index in [1.165, 1.54) is 0 Å². The maximum atomic E-state index is 11.4. The van der Waals surface area contributed by atoms with Gasteiger partial charge in [-0.15, -0.1) is 5.10 Å². The first kappa shape index (κ1) is 8.15. The van der Waals surface area contributed by atoms with Crippen LogP contribution in [0, 0.1) is 11.8 Å². The van der Waals surface area contributed by atoms with Crippen LogP contribution in [0.4, 0.5) is 5.95 Å². The van der Waals surface area contributed by atoms with Gasteiger partial charge in [0.2, 0.25) is 5.91 Å². The van der Waals surface area contributed by atoms with Gasteiger partial charge < -0.3 is 0 Å². The normalized spacial score (nSPS) is 26.5. The average molecular weight is 181 g/mol. The molecule has 1 aromatic rings. The van der Waals surface area contributed by atoms with Crippen LogP contribution >= 0.6 is 0 Å². The lowest BCUT2D eigenvalue weighted by Gasteiger charge is -2.30. The summed E-state index contributed by atoms with van der Waals surface area (Å²) in [7, 11) is 0. The van der Waals surface area contributed by atoms with Gasteiger partial charge in [0.05, 0.1) is 0 Å². The highest BCUT2D eigenvalue weighted by Gasteiger charge is 2.31. The quantitative estimate of drug-likeness (QED) is 0.681. The Balaban J connectivity index is 1.86. The highest BCUT2D eigenvalue weighted by molar-refractivity contribution is 5.91. The highest BCUT2D eigenvalue weighted by atomic mass is 16.2. The molecule has 1 heterocycles. The van der Waals surface area contributed by atoms with Gasteiger partial charge in [0, 0.05) is 5.92 Å². The molecule has 0 unspecified atom stereocenters. The second-order valence-electron chi connectivity index (χ2n) is 3.50. The van der Waals surface area contributed by atoms with Gasteiger partial charge >= 0.3 is 0 Å². The van der Waals surface area contributed by atoms with E-state index in [4.69, 9.17) is 0 Å². The maximum Gasteiger partial charge on any atom is 0.269 e. The summed E-state index contributed by atoms with van der Waals surface area (Å²) in [6.07, 6.45) is 1.92. The third kappa shape index (κ3) is 1.66. The van der Waals surface area contributed by atoms with Crippen LogP contribution in [-0.4, -0.2) is 26.5 Å². The molecule has 70 valence electrons. The number of anilines is 1. The van der Waals surface area contributed by atoms with Crippen LogP contribution in [-0.2, 0) is 4.79 Å². The van der Waals surface area contributed by atoms with Crippen molar-refractivity contribution < 1.29 is 4.79 Å². The second kappa shape index (κ2) is 3.12. The van der Waals surface area contributed by atoms with Crippen molar-refractivity contribution in [2.75, 3.05) is 5.32 Å². The van der Waals surface area contributed by atoms with Crippen LogP contribution < -0.4 is 5.32 Å². The molecule has 6 heteroatoms. The van der Waals surface area contributed by atoms with E-state index in [0.717, 1.165) is 12.8 Å². The van der Waals surface area contributed by atoms with Crippen LogP contribution in [0.2, 0.25) is 0 Å². The van der Waals surface area contributed by atoms with Gasteiger partial charge in [0.15, 0.2) is 0 Å². The fourth-order valence-corrected chi connectivity index (χ4v) is 1.54. The van der Waals surface area contributed by atoms with Crippen molar-refractivity contribution >= 4 is 11.9 Å². The SMILES string of the molecule is CC1CC(C(=O)Nc2nn[nH]n2)C1. The zero-order valence-corrected chi connectivity index (χ0v) is 7.32. The summed E-state index contributed by atoms with van der Waals surface area (Å²) in [6.45, 7) is 2.14. The summed E-state index contributed by atoms with van der Waals surface area (Å²) in [5, 5.41) is 15.5. The number of carbonyl (C=O) groups excluding carboxylic acids is 1. The molecule has 0 saturated heterocycles. The van der Waals surface area contributed by atoms with E-state index >= 15 is 0 Å². The molecule has 1 saturated carbocycles. The number of amides is 1. The summed E-state index contributed by atoms with van der Waals surface area (Å²) in [5.41, 5.74) is 0. The number of nitrogens with zero attached hydrogens (tertiary/aromatic N) is 3. The molecule has 1 amide bonds. The number of aromatic amines is 1. The minimum Gasteiger partial charge on any atom is -0.292 e. The van der Waals surface area contributed by atoms with Crippen molar-refractivity contribution in [3.05, 3.63) is 0 Å². The Bertz CT molecular complexity index is 290. The molecular weight excluding hydrogens is 170 g/mol. The number of aromatic nitrogens is 4. The molecule has 13 heavy (non-hydrogen) atoms. The molecule has 0 aliphatic heterocycles. The van der Waals surface area contributed by atoms with Crippen molar-refractivity contribution in [3.8, 4) is 0 Å². The molecule has 0 aromatic carbocycles. The van der Waals surface area contributed by atoms with Gasteiger partial charge in [-0.2, -0.15) is 5.21 Å². The van der Waals surface area contributed by atoms with Gasteiger partial charge in [0.25, 0.3) is 5.95 Å². The van der Waals surface area contributed by atoms with E-state index in [1.807, 2.05) is 0 Å². The van der Waals surface area contributed by atoms with Crippen molar-refractivity contribution in [2.24, 2.45) is 11.8 Å². The smallest absolute Gasteiger partial charge is 0.269 e. The van der Waals surface area contributed by atoms with Crippen LogP contribution in [0.1, 0.15) is 19.8 Å². The maximum absolute atomic E-state index is 11.4. The molecule has 6 nitrogen and oxygen atoms in total. The number of carbonyl (C=O) groups is 1. The van der Waals surface area contributed by atoms with Gasteiger partial charge in [-0.3, -0.25) is 10.1 Å². The fraction of sp³-hybridized carbons (Fsp3) is 0.714. The monoisotopic (exact) mass is 181 g/mol. The predicted octanol–water partition coefficient (Wildman–Crippen LogP) is 0.184. The molecule has 2 rings (SSSR count). The Morgan fingerprint density at radius 2 is 2.38 bits per heavy atom. The number of hydrogen-bond acceptors (Lipinski definition) is 4. The molecule has 1 aromatic heterocycles. The van der Waals surface area contributed by atoms with Crippen molar-refractivity contribution in [1.29, 1.82) is 0 Å². The van der Waals surface area contributed by atoms with Gasteiger partial charge in [-0.25, -0.2) is 0 Å². The zero-order chi connectivity index (χ0) is 9.26. The summed E-state index contributed by atoms with van der Waals surface area (Å²) in [5.74, 6) is 1.05. The van der Waals surface area contributed by atoms with Crippen LogP contribution in [0.3, 0.4) is 0 Å². The minimum atomic E-state index is -0.000463. The minimum absolute atomic E-state index is 0.000463. The first-order valence-electron chi connectivity index (χ1n) is 4.30. The van der Waals surface area contributed by atoms with Crippen molar-refractivity contribution in [1.82, 2.24) is 20.6 Å². The third-order valence-corrected chi connectivity index (χ3v) is 2.32. The fourth-order valence-electron chi connectivity index (χ4n) is 1.54. The molecule has 0 atom stereocenters. The molecule has 2 N–H and O–H groups in total. The predicted molar refractivity (Wildman–Crippen MR) is 44.7 cm³/mol. The van der Waals surface area contributed by atoms with Crippen LogP contribution in [0.15, 0.2) is 0 Å². The molecule has 1 aliphatic rings. The topological polar surface area (TPSA) is 83.6 Å². The van der Waals surface area contributed by atoms with E-state index in [-0.39, 0.29) is 17.8 Å². The highest BCUT2D eigenvalue weighted by Crippen LogP contribution is 2.33. The first-order chi connectivity index (χ1) is 6.25. The Kier molecular flexibility index (Phi) is 1.96. The molecule has 1 fully saturated rings. The summed E-state index contributed by atoms with van der Waals surface area (Å²) in [4.78, 5) is 11.4. The number of nitrogens with one attached hydrogen (secondary N) is 2. The van der Waals surface area contributed by atoms with Crippen LogP contribution in [0.25, 0.3) is 0 Å². The molecule has 0 bridgehead atoms. The van der Waals surface area contributed by atoms with Crippen molar-refractivity contribution in [3.63, 3.8) is 0 Å². The van der Waals surface area contributed by atoms with Gasteiger partial charge in [0.1, 0.15) is 0 Å². The van der Waals surface area contributed by atoms with Gasteiger partial charge in [-0.05, 0) is 24.0 Å². The number of tetrazole rings is 1. The Morgan fingerprint density at radius 1 is 1.62 bits per heavy atom. The van der Waals surface area contributed by atoms with E-state index in [2.05, 4.69) is 32.9 Å². The second-order valence-corrected chi connectivity index (χ2v) is 3.50. The number of rotatable bonds is 2. The zero-order valence-electron chi connectivity index (χ0n) is 7.32. The number of hydrogen-bond donors (Lipinski definition) is 2. The van der Waals surface area contributed by atoms with E-state index in [1.54, 1.807) is 0 Å². The Morgan fingerprint density at radius 3 is 2.92 bits per heavy atom. The molecule has 0 radical (unpaired) electrons. The van der Waals surface area contributed by atoms with Crippen LogP contribution in [0.5, 0.6) is 0 Å². The lowest BCUT2D eigenvalue weighted by molar-refractivity contribution is -0.123. The lowest BCUT2D eigenvalue weighted by atomic mass is 9.76. The Labute approximate surface area is 75.1 Å². The molecular formula is C7H11N5O. The largest absolute Gasteiger partial charge is 0.292 e. The third-order valence-electron chi connectivity index (χ3n) is 2.32. The average Bonchev–Trinajstić information content (AvgIpc) is 2.51. The Hall–Kier alpha value is -1.46. The van der Waals surface area contributed by atoms with E-state index in [0.29, 0.717) is 5.92 Å². The molecule has 1 aliphatic carbocycles. The van der Waals surface area contributed by atoms with Gasteiger partial charge in [-0.1, -0.05) is 12.0 Å². The van der Waals surface area contributed by atoms with Crippen molar-refractivity contribution in [2.45, 2.75) is 19.8 Å². The summed E-state index contributed by atoms with van der Waals surface area (Å²) < 4.78 is 0. The standard InChI is InChI=1S/C7H11N5O/c1-4-2-5(3-4)6(13)8-7-9-11-12-10-7/h4-5H,2-3H2,1H3,(H2,8,9,10,11,12,13). The lowest BCUT2D eigenvalue weighted by Crippen LogP contribution is -2.33. The molecule has 0 spiro atoms. The summed E-state index contributed by atoms with van der Waals surface area (Å²) in [6, 6.07) is 0. The number of H-pyrrole nitrogens is 1. The summed E-state index contributed by atoms with van der Waals surface area (Å²) >= 11 is 0. The first-order valence-corrected chi connectivity index (χ1v) is 4.30. The van der Waals surface area contributed by atoms with E-state index in [9.17, 15) is 4.79 Å².